The molecular formula is C15H14FNO2S2. The first-order valence-corrected chi connectivity index (χ1v) is 7.57. The van der Waals surface area contributed by atoms with Gasteiger partial charge in [-0.25, -0.2) is 4.39 Å². The first-order valence-electron chi connectivity index (χ1n) is 6.35. The molecular weight excluding hydrogens is 309 g/mol. The van der Waals surface area contributed by atoms with Crippen LogP contribution in [0.2, 0.25) is 0 Å². The second kappa shape index (κ2) is 6.78. The fraction of sp³-hybridized carbons (Fsp3) is 0.200. The molecule has 0 saturated carbocycles. The molecule has 2 aromatic rings. The van der Waals surface area contributed by atoms with E-state index < -0.39 is 5.97 Å². The normalized spacial score (nSPS) is 11.8. The predicted molar refractivity (Wildman–Crippen MR) is 84.8 cm³/mol. The molecule has 0 atom stereocenters. The number of hydrogen-bond acceptors (Lipinski definition) is 3. The molecule has 1 aromatic carbocycles. The van der Waals surface area contributed by atoms with E-state index in [-0.39, 0.29) is 12.2 Å². The first kappa shape index (κ1) is 15.6. The summed E-state index contributed by atoms with van der Waals surface area (Å²) in [5.41, 5.74) is 0.744. The van der Waals surface area contributed by atoms with Crippen molar-refractivity contribution in [2.45, 2.75) is 19.4 Å². The Morgan fingerprint density at radius 3 is 2.95 bits per heavy atom. The van der Waals surface area contributed by atoms with E-state index in [0.717, 1.165) is 15.4 Å². The first-order chi connectivity index (χ1) is 9.97. The molecule has 0 amide bonds. The van der Waals surface area contributed by atoms with Crippen molar-refractivity contribution in [1.29, 1.82) is 0 Å². The number of carbonyl (C=O) groups is 1. The summed E-state index contributed by atoms with van der Waals surface area (Å²) < 4.78 is 16.5. The standard InChI is InChI=1S/C15H14FNO2S2/c1-10-13(9-11-4-2-5-12(16)8-11)21-15(20)17(10)7-3-6-14(18)19/h2,4-5,8-9H,1,3,6-7H2,(H,18,19)/b13-9-. The maximum atomic E-state index is 13.2. The van der Waals surface area contributed by atoms with Gasteiger partial charge >= 0.3 is 5.97 Å². The Labute approximate surface area is 130 Å². The molecule has 0 aliphatic heterocycles. The van der Waals surface area contributed by atoms with Crippen molar-refractivity contribution in [2.24, 2.45) is 0 Å². The van der Waals surface area contributed by atoms with Gasteiger partial charge in [0.15, 0.2) is 3.95 Å². The average molecular weight is 323 g/mol. The zero-order valence-corrected chi connectivity index (χ0v) is 12.8. The van der Waals surface area contributed by atoms with E-state index in [1.54, 1.807) is 12.1 Å². The SMILES string of the molecule is C=c1/c(=C/c2cccc(F)c2)sc(=S)n1CCCC(=O)O. The van der Waals surface area contributed by atoms with Crippen LogP contribution in [0.5, 0.6) is 0 Å². The topological polar surface area (TPSA) is 42.2 Å². The van der Waals surface area contributed by atoms with Crippen LogP contribution in [0.25, 0.3) is 12.7 Å². The van der Waals surface area contributed by atoms with Gasteiger partial charge in [-0.15, -0.1) is 11.3 Å². The average Bonchev–Trinajstić information content (AvgIpc) is 2.66. The molecule has 0 spiro atoms. The van der Waals surface area contributed by atoms with Gasteiger partial charge in [0.05, 0.1) is 9.88 Å². The van der Waals surface area contributed by atoms with Crippen LogP contribution in [0.3, 0.4) is 0 Å². The van der Waals surface area contributed by atoms with E-state index in [2.05, 4.69) is 6.58 Å². The third kappa shape index (κ3) is 4.09. The summed E-state index contributed by atoms with van der Waals surface area (Å²) in [4.78, 5) is 10.5. The number of halogens is 1. The second-order valence-corrected chi connectivity index (χ2v) is 6.20. The highest BCUT2D eigenvalue weighted by Gasteiger charge is 2.02. The Morgan fingerprint density at radius 2 is 2.29 bits per heavy atom. The Morgan fingerprint density at radius 1 is 1.52 bits per heavy atom. The van der Waals surface area contributed by atoms with Crippen molar-refractivity contribution in [2.75, 3.05) is 0 Å². The maximum absolute atomic E-state index is 13.2. The van der Waals surface area contributed by atoms with Gasteiger partial charge in [-0.3, -0.25) is 4.79 Å². The molecule has 0 saturated heterocycles. The van der Waals surface area contributed by atoms with Crippen LogP contribution in [-0.4, -0.2) is 15.6 Å². The molecule has 1 N–H and O–H groups in total. The number of carboxylic acid groups (broad SMARTS) is 1. The number of carboxylic acids is 1. The lowest BCUT2D eigenvalue weighted by Gasteiger charge is -2.00. The Balaban J connectivity index is 2.33. The largest absolute Gasteiger partial charge is 0.481 e. The summed E-state index contributed by atoms with van der Waals surface area (Å²) >= 11 is 6.67. The van der Waals surface area contributed by atoms with E-state index in [1.807, 2.05) is 10.6 Å². The van der Waals surface area contributed by atoms with Crippen molar-refractivity contribution in [3.63, 3.8) is 0 Å². The summed E-state index contributed by atoms with van der Waals surface area (Å²) in [5, 5.41) is 9.40. The molecule has 3 nitrogen and oxygen atoms in total. The molecule has 0 fully saturated rings. The highest BCUT2D eigenvalue weighted by Crippen LogP contribution is 2.05. The number of aromatic nitrogens is 1. The van der Waals surface area contributed by atoms with Gasteiger partial charge in [0, 0.05) is 13.0 Å². The van der Waals surface area contributed by atoms with Crippen LogP contribution in [0.4, 0.5) is 4.39 Å². The van der Waals surface area contributed by atoms with Crippen LogP contribution in [0, 0.1) is 9.77 Å². The van der Waals surface area contributed by atoms with Gasteiger partial charge in [-0.05, 0) is 42.4 Å². The molecule has 2 rings (SSSR count). The Bertz CT molecular complexity index is 823. The van der Waals surface area contributed by atoms with E-state index in [1.165, 1.54) is 23.5 Å². The molecule has 6 heteroatoms. The van der Waals surface area contributed by atoms with Gasteiger partial charge in [-0.1, -0.05) is 18.7 Å². The zero-order valence-electron chi connectivity index (χ0n) is 11.2. The van der Waals surface area contributed by atoms with Gasteiger partial charge in [0.2, 0.25) is 0 Å². The number of hydrogen-bond donors (Lipinski definition) is 1. The maximum Gasteiger partial charge on any atom is 0.303 e. The van der Waals surface area contributed by atoms with Gasteiger partial charge in [0.25, 0.3) is 0 Å². The van der Waals surface area contributed by atoms with Crippen molar-refractivity contribution < 1.29 is 14.3 Å². The lowest BCUT2D eigenvalue weighted by atomic mass is 10.2. The highest BCUT2D eigenvalue weighted by molar-refractivity contribution is 7.73. The fourth-order valence-corrected chi connectivity index (χ4v) is 3.32. The number of rotatable bonds is 5. The monoisotopic (exact) mass is 323 g/mol. The zero-order chi connectivity index (χ0) is 15.4. The third-order valence-electron chi connectivity index (χ3n) is 2.95. The molecule has 1 aromatic heterocycles. The number of aliphatic carboxylic acids is 1. The smallest absolute Gasteiger partial charge is 0.303 e. The predicted octanol–water partition coefficient (Wildman–Crippen LogP) is 2.52. The molecule has 1 heterocycles. The number of nitrogens with zero attached hydrogens (tertiary/aromatic N) is 1. The molecule has 21 heavy (non-hydrogen) atoms. The molecule has 0 radical (unpaired) electrons. The lowest BCUT2D eigenvalue weighted by Crippen LogP contribution is -2.27. The van der Waals surface area contributed by atoms with Crippen LogP contribution in [0.1, 0.15) is 18.4 Å². The van der Waals surface area contributed by atoms with E-state index in [0.29, 0.717) is 16.9 Å². The molecule has 0 aliphatic carbocycles. The number of benzene rings is 1. The van der Waals surface area contributed by atoms with Crippen LogP contribution in [0.15, 0.2) is 24.3 Å². The minimum atomic E-state index is -0.825. The molecule has 110 valence electrons. The van der Waals surface area contributed by atoms with E-state index in [4.69, 9.17) is 17.3 Å². The minimum absolute atomic E-state index is 0.0972. The summed E-state index contributed by atoms with van der Waals surface area (Å²) in [6.07, 6.45) is 2.43. The van der Waals surface area contributed by atoms with Crippen LogP contribution >= 0.6 is 23.6 Å². The van der Waals surface area contributed by atoms with Crippen molar-refractivity contribution in [3.05, 3.63) is 49.5 Å². The van der Waals surface area contributed by atoms with E-state index in [9.17, 15) is 9.18 Å². The lowest BCUT2D eigenvalue weighted by molar-refractivity contribution is -0.137. The van der Waals surface area contributed by atoms with Gasteiger partial charge < -0.3 is 9.67 Å². The van der Waals surface area contributed by atoms with Gasteiger partial charge in [-0.2, -0.15) is 0 Å². The molecule has 0 bridgehead atoms. The minimum Gasteiger partial charge on any atom is -0.481 e. The van der Waals surface area contributed by atoms with Crippen LogP contribution < -0.4 is 9.88 Å². The third-order valence-corrected chi connectivity index (χ3v) is 4.39. The molecule has 0 unspecified atom stereocenters. The Hall–Kier alpha value is -1.79. The summed E-state index contributed by atoms with van der Waals surface area (Å²) in [7, 11) is 0. The van der Waals surface area contributed by atoms with E-state index >= 15 is 0 Å². The van der Waals surface area contributed by atoms with Crippen LogP contribution in [-0.2, 0) is 11.3 Å². The summed E-state index contributed by atoms with van der Waals surface area (Å²) in [6.45, 7) is 4.52. The Kier molecular flexibility index (Phi) is 5.03. The van der Waals surface area contributed by atoms with Crippen molar-refractivity contribution in [1.82, 2.24) is 4.57 Å². The summed E-state index contributed by atoms with van der Waals surface area (Å²) in [6, 6.07) is 6.28. The van der Waals surface area contributed by atoms with Gasteiger partial charge in [0.1, 0.15) is 5.82 Å². The quantitative estimate of drug-likeness (QED) is 0.860. The molecule has 0 aliphatic rings. The van der Waals surface area contributed by atoms with Crippen molar-refractivity contribution in [3.8, 4) is 0 Å². The number of thiazole rings is 1. The second-order valence-electron chi connectivity index (χ2n) is 4.53. The highest BCUT2D eigenvalue weighted by atomic mass is 32.1. The summed E-state index contributed by atoms with van der Waals surface area (Å²) in [5.74, 6) is -1.12. The fourth-order valence-electron chi connectivity index (χ4n) is 1.93. The van der Waals surface area contributed by atoms with Crippen molar-refractivity contribution >= 4 is 42.2 Å².